The molecule has 0 saturated heterocycles. The van der Waals surface area contributed by atoms with Gasteiger partial charge in [-0.05, 0) is 24.3 Å². The van der Waals surface area contributed by atoms with Gasteiger partial charge in [-0.1, -0.05) is 35.3 Å². The Bertz CT molecular complexity index is 917. The van der Waals surface area contributed by atoms with Crippen molar-refractivity contribution in [3.05, 3.63) is 68.7 Å². The Balaban J connectivity index is 2.06. The van der Waals surface area contributed by atoms with E-state index in [2.05, 4.69) is 15.3 Å². The van der Waals surface area contributed by atoms with Gasteiger partial charge in [-0.15, -0.1) is 0 Å². The van der Waals surface area contributed by atoms with Crippen LogP contribution in [-0.4, -0.2) is 15.9 Å². The van der Waals surface area contributed by atoms with E-state index in [9.17, 15) is 9.59 Å². The molecule has 110 valence electrons. The molecule has 3 aromatic rings. The lowest BCUT2D eigenvalue weighted by atomic mass is 10.1. The van der Waals surface area contributed by atoms with Gasteiger partial charge in [0.1, 0.15) is 5.52 Å². The zero-order valence-corrected chi connectivity index (χ0v) is 12.6. The van der Waals surface area contributed by atoms with Crippen molar-refractivity contribution in [2.75, 3.05) is 5.32 Å². The van der Waals surface area contributed by atoms with E-state index in [1.165, 1.54) is 6.33 Å². The molecule has 0 aliphatic heterocycles. The third-order valence-electron chi connectivity index (χ3n) is 3.11. The molecule has 1 amide bonds. The van der Waals surface area contributed by atoms with E-state index < -0.39 is 5.91 Å². The fourth-order valence-electron chi connectivity index (χ4n) is 2.10. The molecule has 0 spiro atoms. The topological polar surface area (TPSA) is 74.8 Å². The Kier molecular flexibility index (Phi) is 3.83. The van der Waals surface area contributed by atoms with Crippen molar-refractivity contribution in [2.24, 2.45) is 0 Å². The van der Waals surface area contributed by atoms with E-state index in [1.54, 1.807) is 36.4 Å². The molecule has 5 nitrogen and oxygen atoms in total. The summed E-state index contributed by atoms with van der Waals surface area (Å²) in [5.41, 5.74) is 0.692. The van der Waals surface area contributed by atoms with Crippen molar-refractivity contribution in [1.29, 1.82) is 0 Å². The summed E-state index contributed by atoms with van der Waals surface area (Å²) in [4.78, 5) is 30.7. The van der Waals surface area contributed by atoms with Crippen molar-refractivity contribution < 1.29 is 4.79 Å². The van der Waals surface area contributed by atoms with Crippen molar-refractivity contribution >= 4 is 45.7 Å². The summed E-state index contributed by atoms with van der Waals surface area (Å²) in [5.74, 6) is -0.467. The van der Waals surface area contributed by atoms with Gasteiger partial charge in [0.2, 0.25) is 0 Å². The molecule has 2 N–H and O–H groups in total. The number of aromatic nitrogens is 2. The Morgan fingerprint density at radius 3 is 2.50 bits per heavy atom. The summed E-state index contributed by atoms with van der Waals surface area (Å²) >= 11 is 12.0. The minimum absolute atomic E-state index is 0.174. The third kappa shape index (κ3) is 2.56. The zero-order valence-electron chi connectivity index (χ0n) is 11.1. The molecule has 7 heteroatoms. The van der Waals surface area contributed by atoms with Crippen LogP contribution in [0.4, 0.5) is 5.69 Å². The molecule has 1 aromatic heterocycles. The van der Waals surface area contributed by atoms with Gasteiger partial charge < -0.3 is 10.3 Å². The Hall–Kier alpha value is -2.37. The molecule has 0 unspecified atom stereocenters. The zero-order chi connectivity index (χ0) is 15.7. The van der Waals surface area contributed by atoms with Gasteiger partial charge in [0.25, 0.3) is 11.5 Å². The first-order valence-corrected chi connectivity index (χ1v) is 7.05. The number of rotatable bonds is 2. The first-order valence-electron chi connectivity index (χ1n) is 6.29. The minimum Gasteiger partial charge on any atom is -0.320 e. The van der Waals surface area contributed by atoms with Gasteiger partial charge in [0.15, 0.2) is 0 Å². The number of nitrogens with one attached hydrogen (secondary N) is 2. The van der Waals surface area contributed by atoms with Crippen LogP contribution in [0, 0.1) is 0 Å². The first kappa shape index (κ1) is 14.6. The fourth-order valence-corrected chi connectivity index (χ4v) is 2.67. The van der Waals surface area contributed by atoms with Crippen LogP contribution >= 0.6 is 23.2 Å². The standard InChI is InChI=1S/C15H9Cl2N3O2/c16-9-4-2-5-10(17)12(9)15(22)20-11-6-1-3-8-13(11)18-7-19-14(8)21/h1-7H,(H,20,22)(H,18,19,21). The number of carbonyl (C=O) groups is 1. The van der Waals surface area contributed by atoms with Gasteiger partial charge in [-0.2, -0.15) is 0 Å². The molecule has 2 aromatic carbocycles. The fraction of sp³-hybridized carbons (Fsp3) is 0. The monoisotopic (exact) mass is 333 g/mol. The van der Waals surface area contributed by atoms with Crippen molar-refractivity contribution in [2.45, 2.75) is 0 Å². The number of benzene rings is 2. The van der Waals surface area contributed by atoms with E-state index in [4.69, 9.17) is 23.2 Å². The van der Waals surface area contributed by atoms with Gasteiger partial charge >= 0.3 is 0 Å². The number of hydrogen-bond donors (Lipinski definition) is 2. The second-order valence-corrected chi connectivity index (χ2v) is 5.30. The Labute approximate surface area is 134 Å². The lowest BCUT2D eigenvalue weighted by molar-refractivity contribution is 0.102. The van der Waals surface area contributed by atoms with E-state index in [0.717, 1.165) is 0 Å². The van der Waals surface area contributed by atoms with Gasteiger partial charge in [-0.3, -0.25) is 9.59 Å². The minimum atomic E-state index is -0.467. The van der Waals surface area contributed by atoms with E-state index in [1.807, 2.05) is 0 Å². The number of carbonyl (C=O) groups excluding carboxylic acids is 1. The van der Waals surface area contributed by atoms with Crippen LogP contribution in [0.3, 0.4) is 0 Å². The highest BCUT2D eigenvalue weighted by Crippen LogP contribution is 2.26. The van der Waals surface area contributed by atoms with E-state index in [-0.39, 0.29) is 21.2 Å². The number of H-pyrrole nitrogens is 1. The Morgan fingerprint density at radius 1 is 1.09 bits per heavy atom. The number of para-hydroxylation sites is 1. The maximum atomic E-state index is 12.4. The van der Waals surface area contributed by atoms with Crippen LogP contribution in [0.25, 0.3) is 10.9 Å². The van der Waals surface area contributed by atoms with Crippen LogP contribution in [0.15, 0.2) is 47.5 Å². The second-order valence-electron chi connectivity index (χ2n) is 4.48. The van der Waals surface area contributed by atoms with Crippen LogP contribution < -0.4 is 10.9 Å². The van der Waals surface area contributed by atoms with Gasteiger partial charge in [0, 0.05) is 0 Å². The van der Waals surface area contributed by atoms with Gasteiger partial charge in [0.05, 0.1) is 33.0 Å². The van der Waals surface area contributed by atoms with Gasteiger partial charge in [-0.25, -0.2) is 4.98 Å². The predicted octanol–water partition coefficient (Wildman–Crippen LogP) is 3.48. The molecule has 0 bridgehead atoms. The first-order chi connectivity index (χ1) is 10.6. The number of hydrogen-bond acceptors (Lipinski definition) is 3. The largest absolute Gasteiger partial charge is 0.320 e. The number of halogens is 2. The summed E-state index contributed by atoms with van der Waals surface area (Å²) in [6.07, 6.45) is 1.28. The third-order valence-corrected chi connectivity index (χ3v) is 3.74. The number of nitrogens with zero attached hydrogens (tertiary/aromatic N) is 1. The molecule has 22 heavy (non-hydrogen) atoms. The maximum Gasteiger partial charge on any atom is 0.258 e. The summed E-state index contributed by atoms with van der Waals surface area (Å²) < 4.78 is 0. The quantitative estimate of drug-likeness (QED) is 0.753. The molecular weight excluding hydrogens is 325 g/mol. The summed E-state index contributed by atoms with van der Waals surface area (Å²) in [6.45, 7) is 0. The lowest BCUT2D eigenvalue weighted by Gasteiger charge is -2.09. The van der Waals surface area contributed by atoms with Crippen LogP contribution in [-0.2, 0) is 0 Å². The molecule has 0 saturated carbocycles. The van der Waals surface area contributed by atoms with Crippen LogP contribution in [0.1, 0.15) is 10.4 Å². The highest BCUT2D eigenvalue weighted by atomic mass is 35.5. The SMILES string of the molecule is O=C(Nc1cccc2c(=O)[nH]cnc12)c1c(Cl)cccc1Cl. The van der Waals surface area contributed by atoms with Crippen molar-refractivity contribution in [3.8, 4) is 0 Å². The molecule has 0 aliphatic rings. The van der Waals surface area contributed by atoms with Crippen LogP contribution in [0.5, 0.6) is 0 Å². The normalized spacial score (nSPS) is 10.6. The average Bonchev–Trinajstić information content (AvgIpc) is 2.48. The molecule has 0 atom stereocenters. The maximum absolute atomic E-state index is 12.4. The summed E-state index contributed by atoms with van der Waals surface area (Å²) in [7, 11) is 0. The molecule has 3 rings (SSSR count). The Morgan fingerprint density at radius 2 is 1.77 bits per heavy atom. The molecule has 0 fully saturated rings. The highest BCUT2D eigenvalue weighted by Gasteiger charge is 2.16. The van der Waals surface area contributed by atoms with E-state index in [0.29, 0.717) is 16.6 Å². The summed E-state index contributed by atoms with van der Waals surface area (Å²) in [6, 6.07) is 9.74. The van der Waals surface area contributed by atoms with Crippen molar-refractivity contribution in [1.82, 2.24) is 9.97 Å². The summed E-state index contributed by atoms with van der Waals surface area (Å²) in [5, 5.41) is 3.56. The molecular formula is C15H9Cl2N3O2. The molecule has 0 aliphatic carbocycles. The number of aromatic amines is 1. The molecule has 0 radical (unpaired) electrons. The lowest BCUT2D eigenvalue weighted by Crippen LogP contribution is -2.15. The van der Waals surface area contributed by atoms with E-state index >= 15 is 0 Å². The van der Waals surface area contributed by atoms with Crippen molar-refractivity contribution in [3.63, 3.8) is 0 Å². The predicted molar refractivity (Wildman–Crippen MR) is 86.8 cm³/mol. The average molecular weight is 334 g/mol. The smallest absolute Gasteiger partial charge is 0.258 e. The number of fused-ring (bicyclic) bond motifs is 1. The second kappa shape index (κ2) is 5.79. The highest BCUT2D eigenvalue weighted by molar-refractivity contribution is 6.40. The van der Waals surface area contributed by atoms with Crippen LogP contribution in [0.2, 0.25) is 10.0 Å². The number of amides is 1. The molecule has 1 heterocycles. The number of anilines is 1.